The highest BCUT2D eigenvalue weighted by Crippen LogP contribution is 2.31. The molecule has 2 heterocycles. The van der Waals surface area contributed by atoms with E-state index in [0.29, 0.717) is 5.95 Å². The van der Waals surface area contributed by atoms with Crippen LogP contribution in [0.25, 0.3) is 11.4 Å². The van der Waals surface area contributed by atoms with Crippen molar-refractivity contribution >= 4 is 11.8 Å². The number of nitrogen functional groups attached to an aromatic ring is 1. The molecular formula is C22H28N6. The average molecular weight is 377 g/mol. The molecule has 0 saturated carbocycles. The van der Waals surface area contributed by atoms with Crippen molar-refractivity contribution in [2.24, 2.45) is 7.05 Å². The molecule has 4 rings (SSSR count). The van der Waals surface area contributed by atoms with Crippen molar-refractivity contribution < 1.29 is 0 Å². The van der Waals surface area contributed by atoms with Gasteiger partial charge in [0, 0.05) is 24.7 Å². The summed E-state index contributed by atoms with van der Waals surface area (Å²) in [6.45, 7) is 2.17. The lowest BCUT2D eigenvalue weighted by atomic mass is 9.95. The van der Waals surface area contributed by atoms with Crippen molar-refractivity contribution in [1.82, 2.24) is 19.7 Å². The number of fused-ring (bicyclic) bond motifs is 1. The van der Waals surface area contributed by atoms with Gasteiger partial charge in [0.1, 0.15) is 5.82 Å². The van der Waals surface area contributed by atoms with E-state index in [2.05, 4.69) is 46.5 Å². The second-order valence-corrected chi connectivity index (χ2v) is 7.67. The standard InChI is InChI=1S/C22H28N6/c1-15(12-13-16-8-4-3-5-9-16)24-20-14-19(25-22(23)26-20)21-17-10-6-7-11-18(17)27-28(21)2/h3-5,8-9,14-15H,6-7,10-13H2,1-2H3,(H3,23,24,25,26)/t15-/m0/s1. The summed E-state index contributed by atoms with van der Waals surface area (Å²) in [5, 5.41) is 8.20. The van der Waals surface area contributed by atoms with Gasteiger partial charge in [-0.05, 0) is 51.0 Å². The summed E-state index contributed by atoms with van der Waals surface area (Å²) in [5.41, 5.74) is 11.8. The van der Waals surface area contributed by atoms with E-state index in [0.717, 1.165) is 42.9 Å². The first kappa shape index (κ1) is 18.5. The molecule has 3 N–H and O–H groups in total. The number of nitrogens with two attached hydrogens (primary N) is 1. The smallest absolute Gasteiger partial charge is 0.222 e. The topological polar surface area (TPSA) is 81.7 Å². The Morgan fingerprint density at radius 1 is 1.14 bits per heavy atom. The molecule has 146 valence electrons. The number of benzene rings is 1. The van der Waals surface area contributed by atoms with E-state index in [1.807, 2.05) is 23.9 Å². The third kappa shape index (κ3) is 4.01. The normalized spacial score (nSPS) is 14.5. The molecule has 0 radical (unpaired) electrons. The second-order valence-electron chi connectivity index (χ2n) is 7.67. The Bertz CT molecular complexity index is 947. The summed E-state index contributed by atoms with van der Waals surface area (Å²) < 4.78 is 1.94. The third-order valence-corrected chi connectivity index (χ3v) is 5.41. The lowest BCUT2D eigenvalue weighted by Crippen LogP contribution is -2.18. The van der Waals surface area contributed by atoms with Crippen molar-refractivity contribution in [3.05, 3.63) is 53.2 Å². The molecule has 0 aliphatic heterocycles. The van der Waals surface area contributed by atoms with Crippen LogP contribution in [0.4, 0.5) is 11.8 Å². The van der Waals surface area contributed by atoms with E-state index in [1.165, 1.54) is 29.7 Å². The van der Waals surface area contributed by atoms with Gasteiger partial charge in [0.05, 0.1) is 17.1 Å². The van der Waals surface area contributed by atoms with E-state index in [-0.39, 0.29) is 6.04 Å². The first-order valence-electron chi connectivity index (χ1n) is 10.1. The molecule has 0 saturated heterocycles. The largest absolute Gasteiger partial charge is 0.368 e. The maximum Gasteiger partial charge on any atom is 0.222 e. The maximum absolute atomic E-state index is 6.04. The van der Waals surface area contributed by atoms with Crippen LogP contribution in [-0.2, 0) is 26.3 Å². The fourth-order valence-electron chi connectivity index (χ4n) is 4.02. The van der Waals surface area contributed by atoms with Crippen LogP contribution < -0.4 is 11.1 Å². The molecule has 3 aromatic rings. The zero-order valence-electron chi connectivity index (χ0n) is 16.7. The van der Waals surface area contributed by atoms with E-state index in [4.69, 9.17) is 10.8 Å². The third-order valence-electron chi connectivity index (χ3n) is 5.41. The van der Waals surface area contributed by atoms with Gasteiger partial charge in [-0.25, -0.2) is 4.98 Å². The molecule has 0 unspecified atom stereocenters. The monoisotopic (exact) mass is 376 g/mol. The van der Waals surface area contributed by atoms with Gasteiger partial charge >= 0.3 is 0 Å². The van der Waals surface area contributed by atoms with Gasteiger partial charge in [-0.15, -0.1) is 0 Å². The predicted molar refractivity (Wildman–Crippen MR) is 113 cm³/mol. The lowest BCUT2D eigenvalue weighted by Gasteiger charge is -2.16. The number of nitrogens with one attached hydrogen (secondary N) is 1. The van der Waals surface area contributed by atoms with Gasteiger partial charge < -0.3 is 11.1 Å². The van der Waals surface area contributed by atoms with Gasteiger partial charge in [-0.2, -0.15) is 10.1 Å². The zero-order chi connectivity index (χ0) is 19.5. The number of hydrogen-bond acceptors (Lipinski definition) is 5. The van der Waals surface area contributed by atoms with Crippen molar-refractivity contribution in [3.63, 3.8) is 0 Å². The van der Waals surface area contributed by atoms with Crippen LogP contribution in [0, 0.1) is 0 Å². The minimum atomic E-state index is 0.280. The lowest BCUT2D eigenvalue weighted by molar-refractivity contribution is 0.664. The van der Waals surface area contributed by atoms with Crippen LogP contribution in [0.2, 0.25) is 0 Å². The van der Waals surface area contributed by atoms with Crippen molar-refractivity contribution in [1.29, 1.82) is 0 Å². The molecule has 0 amide bonds. The summed E-state index contributed by atoms with van der Waals surface area (Å²) in [6, 6.07) is 12.8. The highest BCUT2D eigenvalue weighted by Gasteiger charge is 2.22. The first-order valence-corrected chi connectivity index (χ1v) is 10.1. The Morgan fingerprint density at radius 2 is 1.93 bits per heavy atom. The summed E-state index contributed by atoms with van der Waals surface area (Å²) in [5.74, 6) is 1.06. The number of anilines is 2. The maximum atomic E-state index is 6.04. The van der Waals surface area contributed by atoms with Crippen LogP contribution in [0.15, 0.2) is 36.4 Å². The van der Waals surface area contributed by atoms with E-state index < -0.39 is 0 Å². The molecular weight excluding hydrogens is 348 g/mol. The minimum absolute atomic E-state index is 0.280. The Balaban J connectivity index is 1.52. The van der Waals surface area contributed by atoms with Crippen LogP contribution >= 0.6 is 0 Å². The van der Waals surface area contributed by atoms with E-state index in [9.17, 15) is 0 Å². The van der Waals surface area contributed by atoms with Gasteiger partial charge in [0.2, 0.25) is 5.95 Å². The fourth-order valence-corrected chi connectivity index (χ4v) is 4.02. The predicted octanol–water partition coefficient (Wildman–Crippen LogP) is 3.77. The van der Waals surface area contributed by atoms with Gasteiger partial charge in [-0.3, -0.25) is 4.68 Å². The van der Waals surface area contributed by atoms with E-state index >= 15 is 0 Å². The Kier molecular flexibility index (Phi) is 5.28. The molecule has 0 bridgehead atoms. The summed E-state index contributed by atoms with van der Waals surface area (Å²) in [7, 11) is 1.99. The molecule has 0 spiro atoms. The van der Waals surface area contributed by atoms with E-state index in [1.54, 1.807) is 0 Å². The van der Waals surface area contributed by atoms with Crippen molar-refractivity contribution in [2.45, 2.75) is 51.5 Å². The Hall–Kier alpha value is -2.89. The van der Waals surface area contributed by atoms with Crippen LogP contribution in [0.5, 0.6) is 0 Å². The van der Waals surface area contributed by atoms with Crippen LogP contribution in [-0.4, -0.2) is 25.8 Å². The summed E-state index contributed by atoms with van der Waals surface area (Å²) >= 11 is 0. The van der Waals surface area contributed by atoms with Crippen molar-refractivity contribution in [3.8, 4) is 11.4 Å². The molecule has 1 aliphatic carbocycles. The second kappa shape index (κ2) is 8.00. The summed E-state index contributed by atoms with van der Waals surface area (Å²) in [6.07, 6.45) is 6.56. The summed E-state index contributed by atoms with van der Waals surface area (Å²) in [4.78, 5) is 8.92. The average Bonchev–Trinajstić information content (AvgIpc) is 3.02. The fraction of sp³-hybridized carbons (Fsp3) is 0.409. The van der Waals surface area contributed by atoms with Crippen LogP contribution in [0.1, 0.15) is 43.0 Å². The quantitative estimate of drug-likeness (QED) is 0.684. The number of hydrogen-bond donors (Lipinski definition) is 2. The number of rotatable bonds is 6. The molecule has 28 heavy (non-hydrogen) atoms. The zero-order valence-corrected chi connectivity index (χ0v) is 16.7. The Morgan fingerprint density at radius 3 is 2.75 bits per heavy atom. The first-order chi connectivity index (χ1) is 13.6. The molecule has 2 aromatic heterocycles. The highest BCUT2D eigenvalue weighted by atomic mass is 15.3. The Labute approximate surface area is 166 Å². The van der Waals surface area contributed by atoms with Crippen LogP contribution in [0.3, 0.4) is 0 Å². The number of nitrogens with zero attached hydrogens (tertiary/aromatic N) is 4. The number of aromatic nitrogens is 4. The molecule has 6 nitrogen and oxygen atoms in total. The highest BCUT2D eigenvalue weighted by molar-refractivity contribution is 5.65. The molecule has 0 fully saturated rings. The molecule has 1 atom stereocenters. The van der Waals surface area contributed by atoms with Gasteiger partial charge in [0.25, 0.3) is 0 Å². The molecule has 1 aromatic carbocycles. The van der Waals surface area contributed by atoms with Gasteiger partial charge in [-0.1, -0.05) is 30.3 Å². The number of aryl methyl sites for hydroxylation is 3. The molecule has 6 heteroatoms. The minimum Gasteiger partial charge on any atom is -0.368 e. The van der Waals surface area contributed by atoms with Crippen molar-refractivity contribution in [2.75, 3.05) is 11.1 Å². The molecule has 1 aliphatic rings. The van der Waals surface area contributed by atoms with Gasteiger partial charge in [0.15, 0.2) is 0 Å². The SMILES string of the molecule is C[C@@H](CCc1ccccc1)Nc1cc(-c2c3c(nn2C)CCCC3)nc(N)n1.